The molecule has 3 aromatic carbocycles. The first-order valence-corrected chi connectivity index (χ1v) is 11.1. The second-order valence-corrected chi connectivity index (χ2v) is 7.87. The number of hydrogen-bond acceptors (Lipinski definition) is 4. The Kier molecular flexibility index (Phi) is 7.37. The fourth-order valence-corrected chi connectivity index (χ4v) is 4.07. The number of pyridine rings is 1. The molecule has 4 rings (SSSR count). The molecule has 7 nitrogen and oxygen atoms in total. The van der Waals surface area contributed by atoms with Crippen molar-refractivity contribution in [3.63, 3.8) is 0 Å². The van der Waals surface area contributed by atoms with E-state index in [1.165, 1.54) is 0 Å². The molecule has 0 aliphatic rings. The summed E-state index contributed by atoms with van der Waals surface area (Å²) in [6.07, 6.45) is 2.05. The zero-order valence-corrected chi connectivity index (χ0v) is 19.1. The summed E-state index contributed by atoms with van der Waals surface area (Å²) in [5.41, 5.74) is 3.97. The Morgan fingerprint density at radius 2 is 1.46 bits per heavy atom. The number of carboxylic acid groups (broad SMARTS) is 1. The Morgan fingerprint density at radius 1 is 0.857 bits per heavy atom. The van der Waals surface area contributed by atoms with Gasteiger partial charge in [0.15, 0.2) is 0 Å². The van der Waals surface area contributed by atoms with Gasteiger partial charge >= 0.3 is 6.09 Å². The molecule has 1 aromatic heterocycles. The summed E-state index contributed by atoms with van der Waals surface area (Å²) in [5, 5.41) is 14.8. The first kappa shape index (κ1) is 23.5. The van der Waals surface area contributed by atoms with Crippen molar-refractivity contribution in [2.45, 2.75) is 12.0 Å². The van der Waals surface area contributed by atoms with Crippen molar-refractivity contribution in [2.75, 3.05) is 12.4 Å². The van der Waals surface area contributed by atoms with Crippen LogP contribution in [0.15, 0.2) is 103 Å². The van der Waals surface area contributed by atoms with E-state index >= 15 is 0 Å². The highest BCUT2D eigenvalue weighted by Gasteiger charge is 2.32. The molecule has 176 valence electrons. The minimum absolute atomic E-state index is 0.459. The third-order valence-corrected chi connectivity index (χ3v) is 5.68. The Labute approximate surface area is 203 Å². The van der Waals surface area contributed by atoms with Gasteiger partial charge in [0.1, 0.15) is 11.8 Å². The summed E-state index contributed by atoms with van der Waals surface area (Å²) in [7, 11) is 1.58. The van der Waals surface area contributed by atoms with Gasteiger partial charge < -0.3 is 20.5 Å². The second kappa shape index (κ2) is 11.0. The van der Waals surface area contributed by atoms with Crippen LogP contribution >= 0.6 is 0 Å². The van der Waals surface area contributed by atoms with Crippen LogP contribution in [0.1, 0.15) is 17.0 Å². The molecule has 1 unspecified atom stereocenters. The van der Waals surface area contributed by atoms with E-state index in [0.29, 0.717) is 11.4 Å². The Morgan fingerprint density at radius 3 is 2.00 bits per heavy atom. The molecule has 1 atom stereocenters. The number of carbonyl (C=O) groups excluding carboxylic acids is 1. The van der Waals surface area contributed by atoms with Crippen LogP contribution in [0.5, 0.6) is 5.75 Å². The largest absolute Gasteiger partial charge is 0.494 e. The fourth-order valence-electron chi connectivity index (χ4n) is 4.07. The molecular formula is C28H25N3O4. The number of nitrogens with zero attached hydrogens (tertiary/aromatic N) is 1. The van der Waals surface area contributed by atoms with Crippen molar-refractivity contribution >= 4 is 17.7 Å². The third-order valence-electron chi connectivity index (χ3n) is 5.68. The summed E-state index contributed by atoms with van der Waals surface area (Å²) < 4.78 is 5.38. The summed E-state index contributed by atoms with van der Waals surface area (Å²) >= 11 is 0. The Balaban J connectivity index is 1.63. The lowest BCUT2D eigenvalue weighted by molar-refractivity contribution is -0.118. The third kappa shape index (κ3) is 5.65. The Hall–Kier alpha value is -4.65. The van der Waals surface area contributed by atoms with Crippen LogP contribution in [0.4, 0.5) is 10.5 Å². The van der Waals surface area contributed by atoms with Gasteiger partial charge in [-0.3, -0.25) is 9.78 Å². The van der Waals surface area contributed by atoms with Crippen molar-refractivity contribution in [1.29, 1.82) is 0 Å². The van der Waals surface area contributed by atoms with Gasteiger partial charge in [-0.25, -0.2) is 4.79 Å². The molecule has 0 spiro atoms. The van der Waals surface area contributed by atoms with Crippen LogP contribution < -0.4 is 15.4 Å². The van der Waals surface area contributed by atoms with Crippen LogP contribution in [0, 0.1) is 0 Å². The average Bonchev–Trinajstić information content (AvgIpc) is 2.90. The minimum atomic E-state index is -1.28. The molecule has 0 aliphatic carbocycles. The van der Waals surface area contributed by atoms with Crippen molar-refractivity contribution in [3.05, 3.63) is 115 Å². The van der Waals surface area contributed by atoms with E-state index in [2.05, 4.69) is 15.6 Å². The van der Waals surface area contributed by atoms with Gasteiger partial charge in [0.25, 0.3) is 0 Å². The fraction of sp³-hybridized carbons (Fsp3) is 0.107. The molecule has 35 heavy (non-hydrogen) atoms. The topological polar surface area (TPSA) is 101 Å². The smallest absolute Gasteiger partial charge is 0.405 e. The average molecular weight is 468 g/mol. The van der Waals surface area contributed by atoms with Crippen molar-refractivity contribution < 1.29 is 19.4 Å². The van der Waals surface area contributed by atoms with E-state index in [0.717, 1.165) is 22.3 Å². The first-order chi connectivity index (χ1) is 17.1. The van der Waals surface area contributed by atoms with Crippen molar-refractivity contribution in [3.8, 4) is 16.9 Å². The lowest BCUT2D eigenvalue weighted by Gasteiger charge is -2.27. The predicted octanol–water partition coefficient (Wildman–Crippen LogP) is 5.16. The van der Waals surface area contributed by atoms with Gasteiger partial charge in [-0.15, -0.1) is 0 Å². The number of ether oxygens (including phenoxy) is 1. The monoisotopic (exact) mass is 467 g/mol. The van der Waals surface area contributed by atoms with Crippen LogP contribution in [-0.2, 0) is 4.79 Å². The maximum atomic E-state index is 13.4. The zero-order chi connectivity index (χ0) is 24.6. The molecule has 4 aromatic rings. The molecule has 2 amide bonds. The van der Waals surface area contributed by atoms with E-state index in [-0.39, 0.29) is 0 Å². The summed E-state index contributed by atoms with van der Waals surface area (Å²) in [4.78, 5) is 29.2. The first-order valence-electron chi connectivity index (χ1n) is 11.1. The van der Waals surface area contributed by atoms with Crippen molar-refractivity contribution in [2.24, 2.45) is 0 Å². The van der Waals surface area contributed by atoms with Crippen LogP contribution in [0.2, 0.25) is 0 Å². The number of carbonyl (C=O) groups is 2. The maximum Gasteiger partial charge on any atom is 0.405 e. The zero-order valence-electron chi connectivity index (χ0n) is 19.1. The molecule has 0 bridgehead atoms. The number of amides is 2. The highest BCUT2D eigenvalue weighted by Crippen LogP contribution is 2.31. The van der Waals surface area contributed by atoms with E-state index in [4.69, 9.17) is 4.74 Å². The summed E-state index contributed by atoms with van der Waals surface area (Å²) in [5.74, 6) is -0.336. The predicted molar refractivity (Wildman–Crippen MR) is 135 cm³/mol. The van der Waals surface area contributed by atoms with E-state index < -0.39 is 24.0 Å². The number of anilines is 1. The lowest BCUT2D eigenvalue weighted by atomic mass is 9.84. The standard InChI is InChI=1S/C28H25N3O4/c1-35-24-18-29-17-16-23(24)19-12-14-22(15-13-19)30-27(32)26(31-28(33)34)25(20-8-4-2-5-9-20)21-10-6-3-7-11-21/h2-18,25-26,31H,1H3,(H,30,32)(H,33,34). The Bertz CT molecular complexity index is 1240. The van der Waals surface area contributed by atoms with Gasteiger partial charge in [-0.2, -0.15) is 0 Å². The maximum absolute atomic E-state index is 13.4. The number of rotatable bonds is 8. The quantitative estimate of drug-likeness (QED) is 0.332. The van der Waals surface area contributed by atoms with Gasteiger partial charge in [-0.1, -0.05) is 72.8 Å². The van der Waals surface area contributed by atoms with Gasteiger partial charge in [0.05, 0.1) is 13.3 Å². The highest BCUT2D eigenvalue weighted by molar-refractivity contribution is 5.97. The summed E-state index contributed by atoms with van der Waals surface area (Å²) in [6.45, 7) is 0. The van der Waals surface area contributed by atoms with Gasteiger partial charge in [-0.05, 0) is 34.9 Å². The lowest BCUT2D eigenvalue weighted by Crippen LogP contribution is -2.47. The molecule has 3 N–H and O–H groups in total. The number of nitrogens with one attached hydrogen (secondary N) is 2. The SMILES string of the molecule is COc1cnccc1-c1ccc(NC(=O)C(NC(=O)O)C(c2ccccc2)c2ccccc2)cc1. The molecule has 0 aliphatic heterocycles. The molecule has 0 radical (unpaired) electrons. The van der Waals surface area contributed by atoms with Gasteiger partial charge in [0.2, 0.25) is 5.91 Å². The molecule has 0 saturated carbocycles. The number of aromatic nitrogens is 1. The normalized spacial score (nSPS) is 11.5. The van der Waals surface area contributed by atoms with Crippen LogP contribution in [0.25, 0.3) is 11.1 Å². The van der Waals surface area contributed by atoms with Crippen LogP contribution in [0.3, 0.4) is 0 Å². The van der Waals surface area contributed by atoms with E-state index in [9.17, 15) is 14.7 Å². The molecule has 7 heteroatoms. The molecule has 1 heterocycles. The number of methoxy groups -OCH3 is 1. The minimum Gasteiger partial charge on any atom is -0.494 e. The highest BCUT2D eigenvalue weighted by atomic mass is 16.5. The number of hydrogen-bond donors (Lipinski definition) is 3. The van der Waals surface area contributed by atoms with Crippen LogP contribution in [-0.4, -0.2) is 35.2 Å². The molecule has 0 saturated heterocycles. The molecular weight excluding hydrogens is 442 g/mol. The summed E-state index contributed by atoms with van der Waals surface area (Å²) in [6, 6.07) is 26.8. The van der Waals surface area contributed by atoms with E-state index in [1.807, 2.05) is 78.9 Å². The van der Waals surface area contributed by atoms with E-state index in [1.54, 1.807) is 31.6 Å². The van der Waals surface area contributed by atoms with Crippen molar-refractivity contribution in [1.82, 2.24) is 10.3 Å². The second-order valence-electron chi connectivity index (χ2n) is 7.87. The molecule has 0 fully saturated rings. The number of benzene rings is 3. The van der Waals surface area contributed by atoms with Gasteiger partial charge in [0, 0.05) is 23.4 Å².